The Bertz CT molecular complexity index is 2430. The van der Waals surface area contributed by atoms with E-state index in [4.69, 9.17) is 32.3 Å². The average Bonchev–Trinajstić information content (AvgIpc) is 0.902. The molecule has 0 radical (unpaired) electrons. The fraction of sp³-hybridized carbons (Fsp3) is 0.742. The van der Waals surface area contributed by atoms with E-state index < -0.39 is 91.5 Å². The van der Waals surface area contributed by atoms with E-state index in [1.807, 2.05) is 0 Å². The second-order valence-electron chi connectivity index (χ2n) is 28.6. The van der Waals surface area contributed by atoms with E-state index in [1.54, 1.807) is 0 Å². The molecule has 0 aliphatic heterocycles. The highest BCUT2D eigenvalue weighted by Gasteiger charge is 2.29. The van der Waals surface area contributed by atoms with Gasteiger partial charge in [-0.05, 0) is 116 Å². The topological polar surface area (TPSA) is 231 Å². The molecule has 0 heterocycles. The summed E-state index contributed by atoms with van der Waals surface area (Å²) in [5.74, 6) is -1.57. The summed E-state index contributed by atoms with van der Waals surface area (Å²) in [4.78, 5) is 58.7. The van der Waals surface area contributed by atoms with Crippen LogP contribution in [0.2, 0.25) is 0 Å². The Labute approximate surface area is 653 Å². The van der Waals surface area contributed by atoms with Gasteiger partial charge >= 0.3 is 33.6 Å². The third kappa shape index (κ3) is 82.7. The van der Waals surface area contributed by atoms with Gasteiger partial charge < -0.3 is 34.2 Å². The summed E-state index contributed by atoms with van der Waals surface area (Å²) in [5, 5.41) is 20.7. The molecule has 0 rings (SSSR count). The number of carbonyl (C=O) groups excluding carboxylic acids is 3. The molecule has 16 nitrogen and oxygen atoms in total. The van der Waals surface area contributed by atoms with Gasteiger partial charge in [0.2, 0.25) is 0 Å². The van der Waals surface area contributed by atoms with Gasteiger partial charge in [0.15, 0.2) is 6.10 Å². The fourth-order valence-corrected chi connectivity index (χ4v) is 13.3. The maximum Gasteiger partial charge on any atom is 0.472 e. The predicted octanol–water partition coefficient (Wildman–Crippen LogP) is 25.7. The van der Waals surface area contributed by atoms with Gasteiger partial charge in [0.25, 0.3) is 0 Å². The van der Waals surface area contributed by atoms with Crippen LogP contribution in [0, 0.1) is 0 Å². The molecular weight excluding hydrogens is 1390 g/mol. The van der Waals surface area contributed by atoms with Crippen molar-refractivity contribution in [2.24, 2.45) is 0 Å². The Hall–Kier alpha value is -4.05. The van der Waals surface area contributed by atoms with E-state index in [0.29, 0.717) is 19.3 Å². The highest BCUT2D eigenvalue weighted by Crippen LogP contribution is 2.45. The van der Waals surface area contributed by atoms with Crippen LogP contribution in [0.5, 0.6) is 0 Å². The van der Waals surface area contributed by atoms with Crippen molar-refractivity contribution in [1.29, 1.82) is 0 Å². The maximum atomic E-state index is 13.0. The first-order valence-corrected chi connectivity index (χ1v) is 45.8. The number of carbonyl (C=O) groups is 3. The van der Waals surface area contributed by atoms with Crippen molar-refractivity contribution in [1.82, 2.24) is 0 Å². The number of ether oxygens (including phenoxy) is 3. The van der Waals surface area contributed by atoms with E-state index in [1.165, 1.54) is 173 Å². The number of hydrogen-bond donors (Lipinski definition) is 4. The van der Waals surface area contributed by atoms with Crippen LogP contribution >= 0.6 is 15.6 Å². The minimum absolute atomic E-state index is 0.105. The van der Waals surface area contributed by atoms with Gasteiger partial charge in [-0.1, -0.05) is 354 Å². The van der Waals surface area contributed by atoms with E-state index in [2.05, 4.69) is 142 Å². The molecule has 0 amide bonds. The Morgan fingerprint density at radius 1 is 0.271 bits per heavy atom. The van der Waals surface area contributed by atoms with Crippen LogP contribution in [-0.2, 0) is 55.8 Å². The summed E-state index contributed by atoms with van der Waals surface area (Å²) in [7, 11) is -9.79. The molecule has 618 valence electrons. The van der Waals surface area contributed by atoms with Crippen molar-refractivity contribution in [3.05, 3.63) is 122 Å². The zero-order valence-corrected chi connectivity index (χ0v) is 69.6. The van der Waals surface area contributed by atoms with E-state index in [0.717, 1.165) is 135 Å². The van der Waals surface area contributed by atoms with Crippen LogP contribution < -0.4 is 0 Å². The fourth-order valence-electron chi connectivity index (χ4n) is 11.7. The van der Waals surface area contributed by atoms with Crippen molar-refractivity contribution in [2.45, 2.75) is 386 Å². The van der Waals surface area contributed by atoms with Crippen LogP contribution in [0.1, 0.15) is 367 Å². The van der Waals surface area contributed by atoms with E-state index in [-0.39, 0.29) is 19.3 Å². The number of allylic oxidation sites excluding steroid dienone is 20. The minimum Gasteiger partial charge on any atom is -0.463 e. The number of unbranched alkanes of at least 4 members (excludes halogenated alkanes) is 38. The molecule has 0 spiro atoms. The average molecular weight is 1540 g/mol. The van der Waals surface area contributed by atoms with Crippen molar-refractivity contribution in [3.8, 4) is 0 Å². The Morgan fingerprint density at radius 3 is 0.804 bits per heavy atom. The lowest BCUT2D eigenvalue weighted by Crippen LogP contribution is -2.30. The quantitative estimate of drug-likeness (QED) is 0.0146. The van der Waals surface area contributed by atoms with Crippen molar-refractivity contribution in [3.63, 3.8) is 0 Å². The summed E-state index contributed by atoms with van der Waals surface area (Å²) in [6, 6.07) is 0. The number of rotatable bonds is 81. The molecule has 0 aromatic rings. The molecule has 18 heteroatoms. The largest absolute Gasteiger partial charge is 0.472 e. The van der Waals surface area contributed by atoms with Crippen LogP contribution in [0.25, 0.3) is 0 Å². The van der Waals surface area contributed by atoms with Gasteiger partial charge in [0.05, 0.1) is 26.4 Å². The van der Waals surface area contributed by atoms with Gasteiger partial charge in [0.1, 0.15) is 25.4 Å². The third-order valence-electron chi connectivity index (χ3n) is 18.2. The van der Waals surface area contributed by atoms with Gasteiger partial charge in [-0.2, -0.15) is 0 Å². The molecule has 0 aromatic heterocycles. The molecule has 5 atom stereocenters. The van der Waals surface area contributed by atoms with E-state index in [9.17, 15) is 43.5 Å². The Kier molecular flexibility index (Phi) is 78.4. The molecule has 0 saturated heterocycles. The van der Waals surface area contributed by atoms with Gasteiger partial charge in [0, 0.05) is 19.3 Å². The molecule has 4 N–H and O–H groups in total. The van der Waals surface area contributed by atoms with Crippen molar-refractivity contribution >= 4 is 33.6 Å². The number of esters is 3. The highest BCUT2D eigenvalue weighted by molar-refractivity contribution is 7.47. The number of aliphatic hydroxyl groups is 2. The lowest BCUT2D eigenvalue weighted by atomic mass is 10.0. The Balaban J connectivity index is 4.46. The standard InChI is InChI=1S/C89H156O16P2/c1-4-7-10-13-16-19-22-25-27-29-31-33-35-37-39-40-41-42-44-46-47-49-51-53-55-58-60-63-66-69-72-75-87(92)99-78-84(90)79-101-106(95,96)102-80-85(91)81-103-107(97,98)104-83-86(105-89(94)77-74-71-68-65-62-57-24-21-18-15-12-9-6-3)82-100-88(93)76-73-70-67-64-61-59-56-54-52-50-48-45-43-38-36-34-32-30-28-26-23-20-17-14-11-8-5-2/h8,11,16-17,19-20,25-28,31-34,37-39,43,48,50,84-86,90-91H,4-7,9-10,12-15,18,21-24,29-30,35-36,40-42,44-47,49,51-83H2,1-3H3,(H,95,96)(H,97,98)/b11-8-,19-16-,20-17-,27-25-,28-26-,33-31-,34-32-,39-37-,43-38-,50-48-. The molecular formula is C89H156O16P2. The molecule has 0 fully saturated rings. The van der Waals surface area contributed by atoms with Crippen LogP contribution in [0.3, 0.4) is 0 Å². The number of aliphatic hydroxyl groups excluding tert-OH is 2. The van der Waals surface area contributed by atoms with Gasteiger partial charge in [-0.15, -0.1) is 0 Å². The second kappa shape index (κ2) is 81.4. The van der Waals surface area contributed by atoms with E-state index >= 15 is 0 Å². The van der Waals surface area contributed by atoms with Crippen LogP contribution in [0.4, 0.5) is 0 Å². The van der Waals surface area contributed by atoms with Gasteiger partial charge in [-0.3, -0.25) is 32.5 Å². The molecule has 0 saturated carbocycles. The Morgan fingerprint density at radius 2 is 0.495 bits per heavy atom. The first kappa shape index (κ1) is 103. The molecule has 107 heavy (non-hydrogen) atoms. The molecule has 0 aromatic carbocycles. The number of hydrogen-bond acceptors (Lipinski definition) is 14. The maximum absolute atomic E-state index is 13.0. The van der Waals surface area contributed by atoms with Crippen molar-refractivity contribution in [2.75, 3.05) is 39.6 Å². The zero-order chi connectivity index (χ0) is 78.0. The van der Waals surface area contributed by atoms with Crippen LogP contribution in [-0.4, -0.2) is 95.9 Å². The molecule has 0 aliphatic carbocycles. The second-order valence-corrected chi connectivity index (χ2v) is 31.5. The number of phosphoric ester groups is 2. The first-order chi connectivity index (χ1) is 52.2. The number of phosphoric acid groups is 2. The first-order valence-electron chi connectivity index (χ1n) is 42.8. The highest BCUT2D eigenvalue weighted by atomic mass is 31.2. The lowest BCUT2D eigenvalue weighted by Gasteiger charge is -2.21. The molecule has 0 aliphatic rings. The van der Waals surface area contributed by atoms with Crippen molar-refractivity contribution < 1.29 is 75.8 Å². The summed E-state index contributed by atoms with van der Waals surface area (Å²) in [5.41, 5.74) is 0. The third-order valence-corrected chi connectivity index (χ3v) is 20.1. The predicted molar refractivity (Wildman–Crippen MR) is 445 cm³/mol. The normalized spacial score (nSPS) is 14.5. The summed E-state index contributed by atoms with van der Waals surface area (Å²) in [6.45, 7) is 2.57. The van der Waals surface area contributed by atoms with Crippen LogP contribution in [0.15, 0.2) is 122 Å². The zero-order valence-electron chi connectivity index (χ0n) is 67.8. The lowest BCUT2D eigenvalue weighted by molar-refractivity contribution is -0.161. The summed E-state index contributed by atoms with van der Waals surface area (Å²) in [6.07, 6.45) is 98.2. The smallest absolute Gasteiger partial charge is 0.463 e. The monoisotopic (exact) mass is 1540 g/mol. The summed E-state index contributed by atoms with van der Waals surface area (Å²) < 4.78 is 61.3. The SMILES string of the molecule is CC/C=C\C/C=C\C/C=C\C/C=C\C/C=C\C/C=C\CCCCCCCCCCC(=O)OCC(COP(=O)(O)OCC(O)COP(=O)(O)OCC(O)COC(=O)CCCCCCCCCCCCCCCCC/C=C\C/C=C\C/C=C\C/C=C\CCCCC)OC(=O)CCCCCCCCCCCCCCC. The molecule has 5 unspecified atom stereocenters. The van der Waals surface area contributed by atoms with Gasteiger partial charge in [-0.25, -0.2) is 9.13 Å². The molecule has 0 bridgehead atoms. The summed E-state index contributed by atoms with van der Waals surface area (Å²) >= 11 is 0. The minimum atomic E-state index is -4.93.